The minimum atomic E-state index is -0.0364. The van der Waals surface area contributed by atoms with Crippen LogP contribution in [0.25, 0.3) is 10.9 Å². The first-order valence-corrected chi connectivity index (χ1v) is 6.15. The maximum absolute atomic E-state index is 11.6. The van der Waals surface area contributed by atoms with Crippen LogP contribution in [0.3, 0.4) is 0 Å². The van der Waals surface area contributed by atoms with Gasteiger partial charge in [0.2, 0.25) is 5.56 Å². The van der Waals surface area contributed by atoms with Crippen molar-refractivity contribution in [1.82, 2.24) is 15.2 Å². The van der Waals surface area contributed by atoms with E-state index in [1.165, 1.54) is 0 Å². The van der Waals surface area contributed by atoms with Gasteiger partial charge in [0, 0.05) is 36.6 Å². The number of H-pyrrole nitrogens is 1. The maximum Gasteiger partial charge on any atom is 0.248 e. The number of aromatic nitrogens is 1. The van der Waals surface area contributed by atoms with Gasteiger partial charge in [-0.1, -0.05) is 18.2 Å². The molecular weight excluding hydrogens is 226 g/mol. The largest absolute Gasteiger partial charge is 0.322 e. The molecule has 4 heteroatoms. The third-order valence-electron chi connectivity index (χ3n) is 3.02. The van der Waals surface area contributed by atoms with Crippen LogP contribution < -0.4 is 10.9 Å². The fourth-order valence-electron chi connectivity index (χ4n) is 2.08. The van der Waals surface area contributed by atoms with E-state index in [9.17, 15) is 4.79 Å². The van der Waals surface area contributed by atoms with Gasteiger partial charge in [-0.25, -0.2) is 0 Å². The number of para-hydroxylation sites is 1. The number of hydrogen-bond acceptors (Lipinski definition) is 3. The van der Waals surface area contributed by atoms with Crippen LogP contribution in [0.15, 0.2) is 35.1 Å². The Hall–Kier alpha value is -1.65. The molecule has 1 aromatic carbocycles. The zero-order valence-electron chi connectivity index (χ0n) is 10.9. The highest BCUT2D eigenvalue weighted by atomic mass is 16.1. The monoisotopic (exact) mass is 245 g/mol. The summed E-state index contributed by atoms with van der Waals surface area (Å²) in [5, 5.41) is 4.24. The van der Waals surface area contributed by atoms with Gasteiger partial charge in [0.05, 0.1) is 0 Å². The van der Waals surface area contributed by atoms with E-state index in [4.69, 9.17) is 0 Å². The molecule has 0 aliphatic heterocycles. The number of pyridine rings is 1. The Morgan fingerprint density at radius 3 is 2.89 bits per heavy atom. The fraction of sp³-hybridized carbons (Fsp3) is 0.357. The van der Waals surface area contributed by atoms with Crippen LogP contribution in [0.5, 0.6) is 0 Å². The number of nitrogens with zero attached hydrogens (tertiary/aromatic N) is 1. The topological polar surface area (TPSA) is 48.1 Å². The highest BCUT2D eigenvalue weighted by Gasteiger charge is 2.05. The van der Waals surface area contributed by atoms with Crippen molar-refractivity contribution in [2.24, 2.45) is 0 Å². The van der Waals surface area contributed by atoms with E-state index < -0.39 is 0 Å². The van der Waals surface area contributed by atoms with Gasteiger partial charge in [-0.05, 0) is 25.7 Å². The number of aromatic amines is 1. The first-order chi connectivity index (χ1) is 8.70. The normalized spacial score (nSPS) is 11.3. The lowest BCUT2D eigenvalue weighted by atomic mass is 10.1. The molecule has 0 saturated carbocycles. The van der Waals surface area contributed by atoms with Crippen LogP contribution in [0.1, 0.15) is 5.56 Å². The first kappa shape index (κ1) is 12.8. The third-order valence-corrected chi connectivity index (χ3v) is 3.02. The highest BCUT2D eigenvalue weighted by molar-refractivity contribution is 5.81. The summed E-state index contributed by atoms with van der Waals surface area (Å²) < 4.78 is 0. The smallest absolute Gasteiger partial charge is 0.248 e. The Labute approximate surface area is 107 Å². The molecule has 0 radical (unpaired) electrons. The minimum absolute atomic E-state index is 0.0364. The molecule has 0 spiro atoms. The molecule has 0 aliphatic rings. The van der Waals surface area contributed by atoms with E-state index in [2.05, 4.69) is 22.2 Å². The van der Waals surface area contributed by atoms with E-state index in [0.717, 1.165) is 36.1 Å². The molecule has 0 saturated heterocycles. The van der Waals surface area contributed by atoms with Crippen LogP contribution in [0.2, 0.25) is 0 Å². The predicted octanol–water partition coefficient (Wildman–Crippen LogP) is 1.18. The van der Waals surface area contributed by atoms with Crippen LogP contribution in [0, 0.1) is 0 Å². The Morgan fingerprint density at radius 2 is 2.11 bits per heavy atom. The third kappa shape index (κ3) is 2.97. The SMILES string of the molecule is CNCCN(C)Cc1cc(=O)[nH]c2ccccc12. The van der Waals surface area contributed by atoms with Crippen LogP contribution in [-0.4, -0.2) is 37.1 Å². The molecule has 0 bridgehead atoms. The van der Waals surface area contributed by atoms with Gasteiger partial charge in [0.1, 0.15) is 0 Å². The van der Waals surface area contributed by atoms with Crippen molar-refractivity contribution >= 4 is 10.9 Å². The second kappa shape index (κ2) is 5.80. The molecule has 0 amide bonds. The summed E-state index contributed by atoms with van der Waals surface area (Å²) in [6.07, 6.45) is 0. The van der Waals surface area contributed by atoms with E-state index in [-0.39, 0.29) is 5.56 Å². The van der Waals surface area contributed by atoms with E-state index in [1.807, 2.05) is 31.3 Å². The number of rotatable bonds is 5. The van der Waals surface area contributed by atoms with Crippen molar-refractivity contribution in [3.63, 3.8) is 0 Å². The van der Waals surface area contributed by atoms with E-state index in [0.29, 0.717) is 0 Å². The highest BCUT2D eigenvalue weighted by Crippen LogP contribution is 2.15. The lowest BCUT2D eigenvalue weighted by Crippen LogP contribution is -2.27. The fourth-order valence-corrected chi connectivity index (χ4v) is 2.08. The van der Waals surface area contributed by atoms with Gasteiger partial charge in [-0.15, -0.1) is 0 Å². The predicted molar refractivity (Wildman–Crippen MR) is 74.8 cm³/mol. The Bertz CT molecular complexity index is 577. The van der Waals surface area contributed by atoms with Gasteiger partial charge < -0.3 is 15.2 Å². The summed E-state index contributed by atoms with van der Waals surface area (Å²) in [4.78, 5) is 16.7. The Kier molecular flexibility index (Phi) is 4.12. The van der Waals surface area contributed by atoms with Gasteiger partial charge in [-0.2, -0.15) is 0 Å². The maximum atomic E-state index is 11.6. The molecule has 96 valence electrons. The Balaban J connectivity index is 2.29. The number of likely N-dealkylation sites (N-methyl/N-ethyl adjacent to an activating group) is 2. The van der Waals surface area contributed by atoms with Gasteiger partial charge in [0.15, 0.2) is 0 Å². The van der Waals surface area contributed by atoms with E-state index >= 15 is 0 Å². The van der Waals surface area contributed by atoms with Crippen molar-refractivity contribution in [3.05, 3.63) is 46.2 Å². The molecular formula is C14H19N3O. The standard InChI is InChI=1S/C14H19N3O/c1-15-7-8-17(2)10-11-9-14(18)16-13-6-4-3-5-12(11)13/h3-6,9,15H,7-8,10H2,1-2H3,(H,16,18). The first-order valence-electron chi connectivity index (χ1n) is 6.15. The average Bonchev–Trinajstić information content (AvgIpc) is 2.36. The summed E-state index contributed by atoms with van der Waals surface area (Å²) in [7, 11) is 4.00. The molecule has 0 atom stereocenters. The minimum Gasteiger partial charge on any atom is -0.322 e. The molecule has 0 aliphatic carbocycles. The summed E-state index contributed by atoms with van der Waals surface area (Å²) in [5.74, 6) is 0. The number of nitrogens with one attached hydrogen (secondary N) is 2. The van der Waals surface area contributed by atoms with E-state index in [1.54, 1.807) is 6.07 Å². The zero-order valence-corrected chi connectivity index (χ0v) is 10.9. The van der Waals surface area contributed by atoms with Gasteiger partial charge in [0.25, 0.3) is 0 Å². The molecule has 2 rings (SSSR count). The number of fused-ring (bicyclic) bond motifs is 1. The van der Waals surface area contributed by atoms with Crippen LogP contribution in [0.4, 0.5) is 0 Å². The zero-order chi connectivity index (χ0) is 13.0. The lowest BCUT2D eigenvalue weighted by molar-refractivity contribution is 0.329. The lowest BCUT2D eigenvalue weighted by Gasteiger charge is -2.17. The van der Waals surface area contributed by atoms with Gasteiger partial charge >= 0.3 is 0 Å². The molecule has 1 aromatic heterocycles. The van der Waals surface area contributed by atoms with Crippen LogP contribution in [-0.2, 0) is 6.54 Å². The van der Waals surface area contributed by atoms with Crippen molar-refractivity contribution in [3.8, 4) is 0 Å². The quantitative estimate of drug-likeness (QED) is 0.831. The van der Waals surface area contributed by atoms with Crippen LogP contribution >= 0.6 is 0 Å². The summed E-state index contributed by atoms with van der Waals surface area (Å²) >= 11 is 0. The number of hydrogen-bond donors (Lipinski definition) is 2. The molecule has 0 fully saturated rings. The molecule has 1 heterocycles. The van der Waals surface area contributed by atoms with Gasteiger partial charge in [-0.3, -0.25) is 4.79 Å². The summed E-state index contributed by atoms with van der Waals surface area (Å²) in [6.45, 7) is 2.68. The second-order valence-corrected chi connectivity index (χ2v) is 4.55. The molecule has 2 aromatic rings. The average molecular weight is 245 g/mol. The summed E-state index contributed by atoms with van der Waals surface area (Å²) in [5.41, 5.74) is 1.95. The van der Waals surface area contributed by atoms with Crippen molar-refractivity contribution in [2.45, 2.75) is 6.54 Å². The Morgan fingerprint density at radius 1 is 1.33 bits per heavy atom. The molecule has 0 unspecified atom stereocenters. The van der Waals surface area contributed by atoms with Crippen molar-refractivity contribution in [1.29, 1.82) is 0 Å². The van der Waals surface area contributed by atoms with Crippen molar-refractivity contribution < 1.29 is 0 Å². The number of benzene rings is 1. The molecule has 2 N–H and O–H groups in total. The summed E-state index contributed by atoms with van der Waals surface area (Å²) in [6, 6.07) is 9.61. The molecule has 4 nitrogen and oxygen atoms in total. The molecule has 18 heavy (non-hydrogen) atoms. The second-order valence-electron chi connectivity index (χ2n) is 4.55. The van der Waals surface area contributed by atoms with Crippen molar-refractivity contribution in [2.75, 3.05) is 27.2 Å².